The number of para-hydroxylation sites is 2. The van der Waals surface area contributed by atoms with Crippen LogP contribution < -0.4 is 5.56 Å². The Morgan fingerprint density at radius 2 is 1.86 bits per heavy atom. The van der Waals surface area contributed by atoms with E-state index in [1.54, 1.807) is 25.1 Å². The second kappa shape index (κ2) is 7.68. The molecule has 0 aliphatic rings. The molecular weight excluding hydrogens is 354 g/mol. The molecule has 1 atom stereocenters. The summed E-state index contributed by atoms with van der Waals surface area (Å²) in [6.45, 7) is 1.71. The zero-order valence-electron chi connectivity index (χ0n) is 15.6. The van der Waals surface area contributed by atoms with Crippen molar-refractivity contribution in [1.82, 2.24) is 15.0 Å². The summed E-state index contributed by atoms with van der Waals surface area (Å²) in [5.41, 5.74) is 2.64. The van der Waals surface area contributed by atoms with Gasteiger partial charge in [0, 0.05) is 23.5 Å². The summed E-state index contributed by atoms with van der Waals surface area (Å²) in [6.07, 6.45) is 3.16. The number of benzene rings is 2. The maximum Gasteiger partial charge on any atom is 0.306 e. The smallest absolute Gasteiger partial charge is 0.306 e. The van der Waals surface area contributed by atoms with E-state index in [-0.39, 0.29) is 11.5 Å². The van der Waals surface area contributed by atoms with Crippen LogP contribution in [0.5, 0.6) is 0 Å². The molecule has 2 aromatic carbocycles. The van der Waals surface area contributed by atoms with Crippen molar-refractivity contribution in [3.05, 3.63) is 76.5 Å². The lowest BCUT2D eigenvalue weighted by molar-refractivity contribution is -0.149. The Balaban J connectivity index is 1.36. The Morgan fingerprint density at radius 3 is 2.71 bits per heavy atom. The van der Waals surface area contributed by atoms with Gasteiger partial charge in [0.05, 0.1) is 10.9 Å². The molecule has 6 heteroatoms. The normalized spacial score (nSPS) is 12.3. The van der Waals surface area contributed by atoms with Crippen LogP contribution in [0.4, 0.5) is 0 Å². The van der Waals surface area contributed by atoms with Gasteiger partial charge in [-0.15, -0.1) is 0 Å². The molecule has 4 rings (SSSR count). The molecule has 0 saturated carbocycles. The third-order valence-corrected chi connectivity index (χ3v) is 4.83. The molecule has 0 unspecified atom stereocenters. The molecule has 0 aliphatic heterocycles. The van der Waals surface area contributed by atoms with E-state index < -0.39 is 6.10 Å². The number of fused-ring (bicyclic) bond motifs is 2. The van der Waals surface area contributed by atoms with Crippen molar-refractivity contribution in [2.75, 3.05) is 0 Å². The van der Waals surface area contributed by atoms with Gasteiger partial charge in [0.15, 0.2) is 11.9 Å². The number of carbonyl (C=O) groups is 1. The number of rotatable bonds is 6. The fourth-order valence-corrected chi connectivity index (χ4v) is 3.37. The van der Waals surface area contributed by atoms with E-state index in [0.29, 0.717) is 29.6 Å². The van der Waals surface area contributed by atoms with E-state index >= 15 is 0 Å². The molecule has 2 heterocycles. The second-order valence-electron chi connectivity index (χ2n) is 6.81. The largest absolute Gasteiger partial charge is 0.454 e. The number of carbonyl (C=O) groups excluding carboxylic acids is 1. The quantitative estimate of drug-likeness (QED) is 0.498. The topological polar surface area (TPSA) is 87.8 Å². The SMILES string of the molecule is C[C@@H](OC(=O)CCCc1c[nH]c2ccccc12)c1nc2ccccc2c(=O)[nH]1. The average Bonchev–Trinajstić information content (AvgIpc) is 3.11. The predicted octanol–water partition coefficient (Wildman–Crippen LogP) is 4.03. The Bertz CT molecular complexity index is 1190. The fraction of sp³-hybridized carbons (Fsp3) is 0.227. The first-order valence-corrected chi connectivity index (χ1v) is 9.35. The monoisotopic (exact) mass is 375 g/mol. The highest BCUT2D eigenvalue weighted by Crippen LogP contribution is 2.20. The third kappa shape index (κ3) is 3.67. The molecular formula is C22H21N3O3. The van der Waals surface area contributed by atoms with Crippen LogP contribution in [-0.4, -0.2) is 20.9 Å². The lowest BCUT2D eigenvalue weighted by atomic mass is 10.1. The lowest BCUT2D eigenvalue weighted by Crippen LogP contribution is -2.17. The minimum Gasteiger partial charge on any atom is -0.454 e. The van der Waals surface area contributed by atoms with Crippen molar-refractivity contribution in [2.45, 2.75) is 32.3 Å². The van der Waals surface area contributed by atoms with Crippen molar-refractivity contribution >= 4 is 27.8 Å². The second-order valence-corrected chi connectivity index (χ2v) is 6.81. The summed E-state index contributed by atoms with van der Waals surface area (Å²) in [7, 11) is 0. The molecule has 6 nitrogen and oxygen atoms in total. The standard InChI is InChI=1S/C22H21N3O3/c1-14(21-24-19-11-5-3-9-17(19)22(27)25-21)28-20(26)12-6-7-15-13-23-18-10-4-2-8-16(15)18/h2-5,8-11,13-14,23H,6-7,12H2,1H3,(H,24,25,27)/t14-/m1/s1. The molecule has 2 aromatic heterocycles. The van der Waals surface area contributed by atoms with Crippen molar-refractivity contribution in [1.29, 1.82) is 0 Å². The molecule has 28 heavy (non-hydrogen) atoms. The van der Waals surface area contributed by atoms with Crippen LogP contribution in [0.2, 0.25) is 0 Å². The summed E-state index contributed by atoms with van der Waals surface area (Å²) < 4.78 is 5.47. The highest BCUT2D eigenvalue weighted by molar-refractivity contribution is 5.83. The Labute approximate surface area is 161 Å². The number of nitrogens with one attached hydrogen (secondary N) is 2. The van der Waals surface area contributed by atoms with E-state index in [2.05, 4.69) is 21.0 Å². The first-order chi connectivity index (χ1) is 13.6. The molecule has 0 fully saturated rings. The van der Waals surface area contributed by atoms with Gasteiger partial charge in [-0.25, -0.2) is 4.98 Å². The minimum absolute atomic E-state index is 0.233. The van der Waals surface area contributed by atoms with E-state index in [9.17, 15) is 9.59 Å². The zero-order chi connectivity index (χ0) is 19.5. The molecule has 142 valence electrons. The maximum absolute atomic E-state index is 12.2. The number of H-pyrrole nitrogens is 2. The molecule has 4 aromatic rings. The highest BCUT2D eigenvalue weighted by atomic mass is 16.5. The van der Waals surface area contributed by atoms with Crippen LogP contribution in [0.1, 0.15) is 37.3 Å². The Kier molecular flexibility index (Phi) is 4.93. The average molecular weight is 375 g/mol. The van der Waals surface area contributed by atoms with Crippen LogP contribution in [0, 0.1) is 0 Å². The lowest BCUT2D eigenvalue weighted by Gasteiger charge is -2.13. The van der Waals surface area contributed by atoms with Gasteiger partial charge in [-0.05, 0) is 43.5 Å². The van der Waals surface area contributed by atoms with Gasteiger partial charge in [-0.1, -0.05) is 30.3 Å². The van der Waals surface area contributed by atoms with Crippen molar-refractivity contribution in [2.24, 2.45) is 0 Å². The molecule has 0 aliphatic carbocycles. The predicted molar refractivity (Wildman–Crippen MR) is 108 cm³/mol. The van der Waals surface area contributed by atoms with Crippen LogP contribution in [0.25, 0.3) is 21.8 Å². The first kappa shape index (κ1) is 18.0. The van der Waals surface area contributed by atoms with Gasteiger partial charge in [0.1, 0.15) is 0 Å². The van der Waals surface area contributed by atoms with E-state index in [1.807, 2.05) is 30.5 Å². The van der Waals surface area contributed by atoms with E-state index in [1.165, 1.54) is 10.9 Å². The summed E-state index contributed by atoms with van der Waals surface area (Å²) in [4.78, 5) is 34.7. The number of ether oxygens (including phenoxy) is 1. The van der Waals surface area contributed by atoms with Crippen LogP contribution in [0.15, 0.2) is 59.5 Å². The fourth-order valence-electron chi connectivity index (χ4n) is 3.37. The van der Waals surface area contributed by atoms with E-state index in [0.717, 1.165) is 11.9 Å². The van der Waals surface area contributed by atoms with Crippen molar-refractivity contribution in [3.8, 4) is 0 Å². The minimum atomic E-state index is -0.613. The zero-order valence-corrected chi connectivity index (χ0v) is 15.6. The van der Waals surface area contributed by atoms with Crippen molar-refractivity contribution < 1.29 is 9.53 Å². The van der Waals surface area contributed by atoms with Gasteiger partial charge in [0.25, 0.3) is 5.56 Å². The summed E-state index contributed by atoms with van der Waals surface area (Å²) in [6, 6.07) is 15.2. The number of aromatic nitrogens is 3. The number of nitrogens with zero attached hydrogens (tertiary/aromatic N) is 1. The highest BCUT2D eigenvalue weighted by Gasteiger charge is 2.15. The third-order valence-electron chi connectivity index (χ3n) is 4.83. The molecule has 0 spiro atoms. The van der Waals surface area contributed by atoms with Crippen LogP contribution >= 0.6 is 0 Å². The Hall–Kier alpha value is -3.41. The van der Waals surface area contributed by atoms with Gasteiger partial charge in [0.2, 0.25) is 0 Å². The molecule has 0 amide bonds. The number of aromatic amines is 2. The van der Waals surface area contributed by atoms with Crippen molar-refractivity contribution in [3.63, 3.8) is 0 Å². The molecule has 0 radical (unpaired) electrons. The van der Waals surface area contributed by atoms with Gasteiger partial charge in [-0.2, -0.15) is 0 Å². The molecule has 2 N–H and O–H groups in total. The summed E-state index contributed by atoms with van der Waals surface area (Å²) in [5.74, 6) is 0.0526. The number of aryl methyl sites for hydroxylation is 1. The van der Waals surface area contributed by atoms with Gasteiger partial charge < -0.3 is 14.7 Å². The summed E-state index contributed by atoms with van der Waals surface area (Å²) in [5, 5.41) is 1.70. The van der Waals surface area contributed by atoms with Gasteiger partial charge in [-0.3, -0.25) is 9.59 Å². The molecule has 0 bridgehead atoms. The number of hydrogen-bond acceptors (Lipinski definition) is 4. The molecule has 0 saturated heterocycles. The van der Waals surface area contributed by atoms with E-state index in [4.69, 9.17) is 4.74 Å². The first-order valence-electron chi connectivity index (χ1n) is 9.35. The number of esters is 1. The Morgan fingerprint density at radius 1 is 1.11 bits per heavy atom. The van der Waals surface area contributed by atoms with Crippen LogP contribution in [-0.2, 0) is 16.0 Å². The summed E-state index contributed by atoms with van der Waals surface area (Å²) >= 11 is 0. The van der Waals surface area contributed by atoms with Gasteiger partial charge >= 0.3 is 5.97 Å². The maximum atomic E-state index is 12.2. The number of hydrogen-bond donors (Lipinski definition) is 2. The van der Waals surface area contributed by atoms with Crippen LogP contribution in [0.3, 0.4) is 0 Å².